The van der Waals surface area contributed by atoms with Crippen molar-refractivity contribution in [2.75, 3.05) is 0 Å². The lowest BCUT2D eigenvalue weighted by Gasteiger charge is -2.27. The number of esters is 2. The van der Waals surface area contributed by atoms with E-state index in [9.17, 15) is 9.59 Å². The maximum absolute atomic E-state index is 12.6. The van der Waals surface area contributed by atoms with Crippen molar-refractivity contribution in [3.63, 3.8) is 0 Å². The Bertz CT molecular complexity index is 421. The van der Waals surface area contributed by atoms with Gasteiger partial charge in [0.1, 0.15) is 12.2 Å². The molecular weight excluding hydrogens is 424 g/mol. The summed E-state index contributed by atoms with van der Waals surface area (Å²) in [5.41, 5.74) is 0. The number of carbonyl (C=O) groups is 2. The lowest BCUT2D eigenvalue weighted by Crippen LogP contribution is -2.35. The normalized spacial score (nSPS) is 12.9. The molecular formula is C30H58O4. The van der Waals surface area contributed by atoms with Crippen LogP contribution in [0.4, 0.5) is 0 Å². The van der Waals surface area contributed by atoms with Crippen molar-refractivity contribution < 1.29 is 19.1 Å². The molecule has 0 aliphatic rings. The van der Waals surface area contributed by atoms with Crippen LogP contribution < -0.4 is 0 Å². The number of carbonyl (C=O) groups excluding carboxylic acids is 2. The Balaban J connectivity index is 5.02. The maximum Gasteiger partial charge on any atom is 0.306 e. The van der Waals surface area contributed by atoms with Crippen LogP contribution in [0.2, 0.25) is 0 Å². The van der Waals surface area contributed by atoms with E-state index in [1.54, 1.807) is 0 Å². The van der Waals surface area contributed by atoms with Crippen LogP contribution in [0.5, 0.6) is 0 Å². The largest absolute Gasteiger partial charge is 0.458 e. The number of hydrogen-bond donors (Lipinski definition) is 0. The first-order valence-electron chi connectivity index (χ1n) is 15.0. The van der Waals surface area contributed by atoms with E-state index in [-0.39, 0.29) is 24.1 Å². The Kier molecular flexibility index (Phi) is 24.3. The third-order valence-corrected chi connectivity index (χ3v) is 6.63. The van der Waals surface area contributed by atoms with Gasteiger partial charge in [-0.15, -0.1) is 0 Å². The zero-order valence-corrected chi connectivity index (χ0v) is 23.3. The molecule has 0 rings (SSSR count). The second-order valence-corrected chi connectivity index (χ2v) is 10.1. The minimum Gasteiger partial charge on any atom is -0.458 e. The number of unbranched alkanes of at least 4 members (excludes halogenated alkanes) is 14. The SMILES string of the molecule is CCCCCCCCC(OC(=O)CCCCC)C(CCCCCCCC)OC(=O)CCCCC. The van der Waals surface area contributed by atoms with Gasteiger partial charge in [-0.1, -0.05) is 118 Å². The molecule has 34 heavy (non-hydrogen) atoms. The summed E-state index contributed by atoms with van der Waals surface area (Å²) in [6.45, 7) is 8.74. The maximum atomic E-state index is 12.6. The van der Waals surface area contributed by atoms with E-state index in [2.05, 4.69) is 27.7 Å². The molecule has 0 aromatic rings. The van der Waals surface area contributed by atoms with Crippen molar-refractivity contribution in [1.82, 2.24) is 0 Å². The Morgan fingerprint density at radius 1 is 0.441 bits per heavy atom. The third-order valence-electron chi connectivity index (χ3n) is 6.63. The lowest BCUT2D eigenvalue weighted by atomic mass is 9.99. The Hall–Kier alpha value is -1.06. The minimum atomic E-state index is -0.300. The fraction of sp³-hybridized carbons (Fsp3) is 0.933. The van der Waals surface area contributed by atoms with Gasteiger partial charge < -0.3 is 9.47 Å². The molecule has 4 nitrogen and oxygen atoms in total. The van der Waals surface area contributed by atoms with E-state index < -0.39 is 0 Å². The Morgan fingerprint density at radius 3 is 1.09 bits per heavy atom. The summed E-state index contributed by atoms with van der Waals surface area (Å²) in [6.07, 6.45) is 22.3. The summed E-state index contributed by atoms with van der Waals surface area (Å²) < 4.78 is 12.0. The highest BCUT2D eigenvalue weighted by Gasteiger charge is 2.28. The van der Waals surface area contributed by atoms with Crippen molar-refractivity contribution in [2.45, 2.75) is 181 Å². The van der Waals surface area contributed by atoms with Crippen LogP contribution in [0.3, 0.4) is 0 Å². The molecule has 0 spiro atoms. The van der Waals surface area contributed by atoms with Crippen LogP contribution in [0.15, 0.2) is 0 Å². The predicted molar refractivity (Wildman–Crippen MR) is 144 cm³/mol. The van der Waals surface area contributed by atoms with Crippen LogP contribution in [-0.2, 0) is 19.1 Å². The topological polar surface area (TPSA) is 52.6 Å². The second kappa shape index (κ2) is 25.0. The van der Waals surface area contributed by atoms with E-state index in [0.717, 1.165) is 77.0 Å². The second-order valence-electron chi connectivity index (χ2n) is 10.1. The summed E-state index contributed by atoms with van der Waals surface area (Å²) >= 11 is 0. The molecule has 0 aliphatic carbocycles. The predicted octanol–water partition coefficient (Wildman–Crippen LogP) is 9.47. The highest BCUT2D eigenvalue weighted by atomic mass is 16.6. The van der Waals surface area contributed by atoms with Gasteiger partial charge in [-0.25, -0.2) is 0 Å². The Morgan fingerprint density at radius 2 is 0.735 bits per heavy atom. The average molecular weight is 483 g/mol. The van der Waals surface area contributed by atoms with Gasteiger partial charge in [0.15, 0.2) is 0 Å². The fourth-order valence-electron chi connectivity index (χ4n) is 4.39. The van der Waals surface area contributed by atoms with E-state index >= 15 is 0 Å². The number of ether oxygens (including phenoxy) is 2. The van der Waals surface area contributed by atoms with Gasteiger partial charge in [-0.3, -0.25) is 9.59 Å². The summed E-state index contributed by atoms with van der Waals surface area (Å²) in [7, 11) is 0. The standard InChI is InChI=1S/C30H58O4/c1-5-9-13-15-17-21-23-27(33-29(31)25-19-11-7-3)28(24-22-18-16-14-10-6-2)34-30(32)26-20-12-8-4/h27-28H,5-26H2,1-4H3. The van der Waals surface area contributed by atoms with Gasteiger partial charge >= 0.3 is 11.9 Å². The molecule has 0 N–H and O–H groups in total. The highest BCUT2D eigenvalue weighted by molar-refractivity contribution is 5.70. The summed E-state index contributed by atoms with van der Waals surface area (Å²) in [4.78, 5) is 25.2. The van der Waals surface area contributed by atoms with Crippen LogP contribution >= 0.6 is 0 Å². The van der Waals surface area contributed by atoms with E-state index in [1.165, 1.54) is 51.4 Å². The quantitative estimate of drug-likeness (QED) is 0.0960. The summed E-state index contributed by atoms with van der Waals surface area (Å²) in [5, 5.41) is 0. The van der Waals surface area contributed by atoms with E-state index in [0.29, 0.717) is 12.8 Å². The van der Waals surface area contributed by atoms with Gasteiger partial charge in [0.05, 0.1) is 0 Å². The molecule has 0 saturated carbocycles. The summed E-state index contributed by atoms with van der Waals surface area (Å²) in [6, 6.07) is 0. The smallest absolute Gasteiger partial charge is 0.306 e. The molecule has 0 amide bonds. The lowest BCUT2D eigenvalue weighted by molar-refractivity contribution is -0.169. The van der Waals surface area contributed by atoms with Gasteiger partial charge in [0, 0.05) is 12.8 Å². The van der Waals surface area contributed by atoms with Crippen LogP contribution in [0.1, 0.15) is 169 Å². The minimum absolute atomic E-state index is 0.126. The van der Waals surface area contributed by atoms with Crippen molar-refractivity contribution in [3.05, 3.63) is 0 Å². The van der Waals surface area contributed by atoms with Crippen molar-refractivity contribution in [2.24, 2.45) is 0 Å². The zero-order valence-electron chi connectivity index (χ0n) is 23.3. The zero-order chi connectivity index (χ0) is 25.3. The molecule has 4 heteroatoms. The van der Waals surface area contributed by atoms with Crippen molar-refractivity contribution in [3.8, 4) is 0 Å². The number of rotatable bonds is 25. The molecule has 0 bridgehead atoms. The monoisotopic (exact) mass is 482 g/mol. The summed E-state index contributed by atoms with van der Waals surface area (Å²) in [5.74, 6) is -0.251. The first-order valence-corrected chi connectivity index (χ1v) is 15.0. The molecule has 2 unspecified atom stereocenters. The van der Waals surface area contributed by atoms with E-state index in [4.69, 9.17) is 9.47 Å². The molecule has 0 aliphatic heterocycles. The van der Waals surface area contributed by atoms with Crippen LogP contribution in [0.25, 0.3) is 0 Å². The Labute approximate surface area is 212 Å². The van der Waals surface area contributed by atoms with Gasteiger partial charge in [0.2, 0.25) is 0 Å². The molecule has 0 aromatic carbocycles. The number of hydrogen-bond acceptors (Lipinski definition) is 4. The van der Waals surface area contributed by atoms with Gasteiger partial charge in [-0.2, -0.15) is 0 Å². The molecule has 0 heterocycles. The van der Waals surface area contributed by atoms with Crippen LogP contribution in [-0.4, -0.2) is 24.1 Å². The van der Waals surface area contributed by atoms with Gasteiger partial charge in [0.25, 0.3) is 0 Å². The molecule has 0 fully saturated rings. The molecule has 0 saturated heterocycles. The molecule has 202 valence electrons. The fourth-order valence-corrected chi connectivity index (χ4v) is 4.39. The first-order chi connectivity index (χ1) is 16.6. The van der Waals surface area contributed by atoms with Crippen LogP contribution in [0, 0.1) is 0 Å². The van der Waals surface area contributed by atoms with Gasteiger partial charge in [-0.05, 0) is 38.5 Å². The molecule has 0 aromatic heterocycles. The molecule has 0 radical (unpaired) electrons. The van der Waals surface area contributed by atoms with Crippen molar-refractivity contribution in [1.29, 1.82) is 0 Å². The molecule has 2 atom stereocenters. The van der Waals surface area contributed by atoms with Crippen molar-refractivity contribution >= 4 is 11.9 Å². The first kappa shape index (κ1) is 32.9. The third kappa shape index (κ3) is 20.3. The highest BCUT2D eigenvalue weighted by Crippen LogP contribution is 2.22. The average Bonchev–Trinajstić information content (AvgIpc) is 2.82. The van der Waals surface area contributed by atoms with E-state index in [1.807, 2.05) is 0 Å².